The number of ether oxygens (including phenoxy) is 1. The first-order valence-corrected chi connectivity index (χ1v) is 8.18. The van der Waals surface area contributed by atoms with Crippen LogP contribution in [0.5, 0.6) is 5.75 Å². The van der Waals surface area contributed by atoms with E-state index in [1.807, 2.05) is 31.2 Å². The topological polar surface area (TPSA) is 38.3 Å². The third-order valence-electron chi connectivity index (χ3n) is 3.69. The normalized spacial score (nSPS) is 17.5. The van der Waals surface area contributed by atoms with Crippen molar-refractivity contribution in [2.24, 2.45) is 0 Å². The average Bonchev–Trinajstić information content (AvgIpc) is 2.49. The van der Waals surface area contributed by atoms with Gasteiger partial charge in [-0.2, -0.15) is 0 Å². The van der Waals surface area contributed by atoms with Gasteiger partial charge in [0.05, 0.1) is 12.4 Å². The van der Waals surface area contributed by atoms with Gasteiger partial charge in [-0.3, -0.25) is 4.79 Å². The molecule has 1 aliphatic carbocycles. The SMILES string of the molecule is COc1ccc(S[C@@H](C)C(=O)NC2CCCCC2)cc1. The summed E-state index contributed by atoms with van der Waals surface area (Å²) in [6.07, 6.45) is 6.05. The minimum Gasteiger partial charge on any atom is -0.497 e. The van der Waals surface area contributed by atoms with Crippen molar-refractivity contribution in [3.05, 3.63) is 24.3 Å². The van der Waals surface area contributed by atoms with E-state index >= 15 is 0 Å². The van der Waals surface area contributed by atoms with Crippen LogP contribution in [0, 0.1) is 0 Å². The molecule has 1 aliphatic rings. The molecule has 3 nitrogen and oxygen atoms in total. The molecule has 0 bridgehead atoms. The van der Waals surface area contributed by atoms with E-state index in [1.165, 1.54) is 19.3 Å². The molecule has 1 fully saturated rings. The van der Waals surface area contributed by atoms with Crippen molar-refractivity contribution in [2.45, 2.75) is 55.2 Å². The minimum atomic E-state index is -0.0645. The van der Waals surface area contributed by atoms with Gasteiger partial charge >= 0.3 is 0 Å². The monoisotopic (exact) mass is 293 g/mol. The van der Waals surface area contributed by atoms with Crippen LogP contribution in [0.3, 0.4) is 0 Å². The Morgan fingerprint density at radius 1 is 1.25 bits per heavy atom. The Morgan fingerprint density at radius 2 is 1.90 bits per heavy atom. The molecule has 0 spiro atoms. The molecule has 0 saturated heterocycles. The highest BCUT2D eigenvalue weighted by atomic mass is 32.2. The van der Waals surface area contributed by atoms with Crippen LogP contribution in [0.4, 0.5) is 0 Å². The van der Waals surface area contributed by atoms with Gasteiger partial charge in [0.25, 0.3) is 0 Å². The molecule has 0 radical (unpaired) electrons. The van der Waals surface area contributed by atoms with Crippen molar-refractivity contribution in [3.63, 3.8) is 0 Å². The molecule has 110 valence electrons. The molecule has 0 heterocycles. The van der Waals surface area contributed by atoms with E-state index in [9.17, 15) is 4.79 Å². The van der Waals surface area contributed by atoms with Crippen LogP contribution in [-0.4, -0.2) is 24.3 Å². The molecule has 1 saturated carbocycles. The third kappa shape index (κ3) is 4.44. The van der Waals surface area contributed by atoms with Crippen LogP contribution in [0.25, 0.3) is 0 Å². The fraction of sp³-hybridized carbons (Fsp3) is 0.562. The molecular formula is C16H23NO2S. The summed E-state index contributed by atoms with van der Waals surface area (Å²) in [7, 11) is 1.66. The lowest BCUT2D eigenvalue weighted by Crippen LogP contribution is -2.40. The number of hydrogen-bond donors (Lipinski definition) is 1. The number of hydrogen-bond acceptors (Lipinski definition) is 3. The van der Waals surface area contributed by atoms with Gasteiger partial charge in [-0.05, 0) is 44.0 Å². The van der Waals surface area contributed by atoms with Crippen molar-refractivity contribution in [1.82, 2.24) is 5.32 Å². The quantitative estimate of drug-likeness (QED) is 0.843. The number of amides is 1. The molecule has 2 rings (SSSR count). The summed E-state index contributed by atoms with van der Waals surface area (Å²) >= 11 is 1.59. The summed E-state index contributed by atoms with van der Waals surface area (Å²) in [5, 5.41) is 3.11. The van der Waals surface area contributed by atoms with Crippen molar-refractivity contribution >= 4 is 17.7 Å². The van der Waals surface area contributed by atoms with E-state index in [0.29, 0.717) is 6.04 Å². The Morgan fingerprint density at radius 3 is 2.50 bits per heavy atom. The van der Waals surface area contributed by atoms with Crippen molar-refractivity contribution in [3.8, 4) is 5.75 Å². The zero-order valence-electron chi connectivity index (χ0n) is 12.2. The Balaban J connectivity index is 1.83. The third-order valence-corrected chi connectivity index (χ3v) is 4.81. The van der Waals surface area contributed by atoms with Gasteiger partial charge in [0.15, 0.2) is 0 Å². The fourth-order valence-electron chi connectivity index (χ4n) is 2.48. The maximum atomic E-state index is 12.2. The lowest BCUT2D eigenvalue weighted by molar-refractivity contribution is -0.121. The zero-order valence-corrected chi connectivity index (χ0v) is 13.0. The van der Waals surface area contributed by atoms with Crippen LogP contribution >= 0.6 is 11.8 Å². The molecule has 4 heteroatoms. The number of carbonyl (C=O) groups is 1. The molecule has 20 heavy (non-hydrogen) atoms. The molecule has 1 aromatic carbocycles. The largest absolute Gasteiger partial charge is 0.497 e. The van der Waals surface area contributed by atoms with Crippen LogP contribution in [-0.2, 0) is 4.79 Å². The predicted molar refractivity (Wildman–Crippen MR) is 83.3 cm³/mol. The maximum absolute atomic E-state index is 12.2. The van der Waals surface area contributed by atoms with Crippen LogP contribution < -0.4 is 10.1 Å². The van der Waals surface area contributed by atoms with E-state index in [-0.39, 0.29) is 11.2 Å². The first-order valence-electron chi connectivity index (χ1n) is 7.30. The van der Waals surface area contributed by atoms with Gasteiger partial charge in [0.1, 0.15) is 5.75 Å². The van der Waals surface area contributed by atoms with Gasteiger partial charge in [-0.15, -0.1) is 11.8 Å². The molecule has 0 aromatic heterocycles. The second-order valence-corrected chi connectivity index (χ2v) is 6.69. The maximum Gasteiger partial charge on any atom is 0.233 e. The first kappa shape index (κ1) is 15.2. The highest BCUT2D eigenvalue weighted by molar-refractivity contribution is 8.00. The second-order valence-electron chi connectivity index (χ2n) is 5.28. The highest BCUT2D eigenvalue weighted by Gasteiger charge is 2.20. The van der Waals surface area contributed by atoms with Gasteiger partial charge in [-0.1, -0.05) is 19.3 Å². The summed E-state index contributed by atoms with van der Waals surface area (Å²) in [5.74, 6) is 0.992. The number of thioether (sulfide) groups is 1. The summed E-state index contributed by atoms with van der Waals surface area (Å²) < 4.78 is 5.13. The van der Waals surface area contributed by atoms with Gasteiger partial charge < -0.3 is 10.1 Å². The Hall–Kier alpha value is -1.16. The van der Waals surface area contributed by atoms with Gasteiger partial charge in [-0.25, -0.2) is 0 Å². The van der Waals surface area contributed by atoms with Gasteiger partial charge in [0, 0.05) is 10.9 Å². The predicted octanol–water partition coefficient (Wildman–Crippen LogP) is 3.62. The summed E-state index contributed by atoms with van der Waals surface area (Å²) in [5.41, 5.74) is 0. The number of nitrogens with one attached hydrogen (secondary N) is 1. The Kier molecular flexibility index (Phi) is 5.77. The lowest BCUT2D eigenvalue weighted by atomic mass is 9.95. The van der Waals surface area contributed by atoms with Gasteiger partial charge in [0.2, 0.25) is 5.91 Å². The van der Waals surface area contributed by atoms with Crippen molar-refractivity contribution in [1.29, 1.82) is 0 Å². The van der Waals surface area contributed by atoms with E-state index < -0.39 is 0 Å². The average molecular weight is 293 g/mol. The number of rotatable bonds is 5. The fourth-order valence-corrected chi connectivity index (χ4v) is 3.35. The molecule has 1 N–H and O–H groups in total. The molecule has 1 amide bonds. The van der Waals surface area contributed by atoms with Crippen molar-refractivity contribution < 1.29 is 9.53 Å². The van der Waals surface area contributed by atoms with Crippen molar-refractivity contribution in [2.75, 3.05) is 7.11 Å². The van der Waals surface area contributed by atoms with E-state index in [0.717, 1.165) is 23.5 Å². The molecular weight excluding hydrogens is 270 g/mol. The molecule has 0 aliphatic heterocycles. The summed E-state index contributed by atoms with van der Waals surface area (Å²) in [6, 6.07) is 8.22. The minimum absolute atomic E-state index is 0.0645. The smallest absolute Gasteiger partial charge is 0.233 e. The standard InChI is InChI=1S/C16H23NO2S/c1-12(16(18)17-13-6-4-3-5-7-13)20-15-10-8-14(19-2)9-11-15/h8-13H,3-7H2,1-2H3,(H,17,18)/t12-/m0/s1. The van der Waals surface area contributed by atoms with E-state index in [4.69, 9.17) is 4.74 Å². The molecule has 1 atom stereocenters. The Bertz CT molecular complexity index is 427. The van der Waals surface area contributed by atoms with Crippen LogP contribution in [0.1, 0.15) is 39.0 Å². The molecule has 0 unspecified atom stereocenters. The second kappa shape index (κ2) is 7.58. The first-order chi connectivity index (χ1) is 9.69. The summed E-state index contributed by atoms with van der Waals surface area (Å²) in [6.45, 7) is 1.97. The Labute approximate surface area is 125 Å². The number of carbonyl (C=O) groups excluding carboxylic acids is 1. The van der Waals surface area contributed by atoms with Crippen LogP contribution in [0.15, 0.2) is 29.2 Å². The zero-order chi connectivity index (χ0) is 14.4. The van der Waals surface area contributed by atoms with Crippen LogP contribution in [0.2, 0.25) is 0 Å². The van der Waals surface area contributed by atoms with E-state index in [1.54, 1.807) is 18.9 Å². The molecule has 1 aromatic rings. The number of benzene rings is 1. The van der Waals surface area contributed by atoms with E-state index in [2.05, 4.69) is 5.32 Å². The highest BCUT2D eigenvalue weighted by Crippen LogP contribution is 2.26. The summed E-state index contributed by atoms with van der Waals surface area (Å²) in [4.78, 5) is 13.3. The number of methoxy groups -OCH3 is 1. The lowest BCUT2D eigenvalue weighted by Gasteiger charge is -2.24.